The number of nitrogens with zero attached hydrogens (tertiary/aromatic N) is 2. The molecule has 1 amide bonds. The Hall–Kier alpha value is -2.43. The third kappa shape index (κ3) is 3.43. The molecule has 5 nitrogen and oxygen atoms in total. The lowest BCUT2D eigenvalue weighted by Crippen LogP contribution is -2.19. The number of carbonyl (C=O) groups is 1. The predicted octanol–water partition coefficient (Wildman–Crippen LogP) is 3.91. The van der Waals surface area contributed by atoms with Crippen molar-refractivity contribution in [2.24, 2.45) is 5.92 Å². The second-order valence-electron chi connectivity index (χ2n) is 7.62. The van der Waals surface area contributed by atoms with E-state index in [0.29, 0.717) is 11.7 Å². The number of fused-ring (bicyclic) bond motifs is 3. The van der Waals surface area contributed by atoms with Crippen molar-refractivity contribution in [3.63, 3.8) is 0 Å². The van der Waals surface area contributed by atoms with Crippen LogP contribution in [-0.4, -0.2) is 15.9 Å². The summed E-state index contributed by atoms with van der Waals surface area (Å²) < 4.78 is 0. The van der Waals surface area contributed by atoms with Crippen LogP contribution < -0.4 is 11.1 Å². The fourth-order valence-corrected chi connectivity index (χ4v) is 4.27. The Morgan fingerprint density at radius 1 is 1.19 bits per heavy atom. The second-order valence-corrected chi connectivity index (χ2v) is 7.62. The van der Waals surface area contributed by atoms with Gasteiger partial charge >= 0.3 is 0 Å². The molecule has 2 aliphatic rings. The molecular formula is C21H26N4O. The average Bonchev–Trinajstić information content (AvgIpc) is 2.62. The molecule has 0 bridgehead atoms. The van der Waals surface area contributed by atoms with Gasteiger partial charge in [0.2, 0.25) is 5.91 Å². The highest BCUT2D eigenvalue weighted by Crippen LogP contribution is 2.35. The van der Waals surface area contributed by atoms with Gasteiger partial charge in [0.25, 0.3) is 0 Å². The SMILES string of the molecule is CC(=O)Nc1nc2c(nc1CC1CCCCC1)-c1ccc(N)cc1CC2. The van der Waals surface area contributed by atoms with E-state index in [-0.39, 0.29) is 5.91 Å². The van der Waals surface area contributed by atoms with E-state index in [1.54, 1.807) is 0 Å². The molecule has 1 aromatic heterocycles. The summed E-state index contributed by atoms with van der Waals surface area (Å²) >= 11 is 0. The molecule has 0 unspecified atom stereocenters. The van der Waals surface area contributed by atoms with Gasteiger partial charge in [0.05, 0.1) is 17.1 Å². The highest BCUT2D eigenvalue weighted by molar-refractivity contribution is 5.88. The van der Waals surface area contributed by atoms with Gasteiger partial charge in [-0.25, -0.2) is 9.97 Å². The molecule has 5 heteroatoms. The Morgan fingerprint density at radius 2 is 2.00 bits per heavy atom. The molecule has 4 rings (SSSR count). The lowest BCUT2D eigenvalue weighted by atomic mass is 9.85. The summed E-state index contributed by atoms with van der Waals surface area (Å²) in [6.45, 7) is 1.53. The number of anilines is 2. The quantitative estimate of drug-likeness (QED) is 0.823. The molecule has 0 spiro atoms. The highest BCUT2D eigenvalue weighted by Gasteiger charge is 2.24. The third-order valence-electron chi connectivity index (χ3n) is 5.56. The van der Waals surface area contributed by atoms with Crippen LogP contribution in [0.4, 0.5) is 11.5 Å². The first-order chi connectivity index (χ1) is 12.6. The molecule has 3 N–H and O–H groups in total. The van der Waals surface area contributed by atoms with Crippen molar-refractivity contribution in [2.75, 3.05) is 11.1 Å². The monoisotopic (exact) mass is 350 g/mol. The number of hydrogen-bond acceptors (Lipinski definition) is 4. The van der Waals surface area contributed by atoms with Crippen molar-refractivity contribution in [3.05, 3.63) is 35.2 Å². The van der Waals surface area contributed by atoms with Crippen LogP contribution in [0.2, 0.25) is 0 Å². The first kappa shape index (κ1) is 17.0. The minimum absolute atomic E-state index is 0.0897. The molecule has 0 aliphatic heterocycles. The number of nitrogens with one attached hydrogen (secondary N) is 1. The van der Waals surface area contributed by atoms with Crippen molar-refractivity contribution in [1.29, 1.82) is 0 Å². The number of aromatic nitrogens is 2. The van der Waals surface area contributed by atoms with Crippen LogP contribution in [0.3, 0.4) is 0 Å². The van der Waals surface area contributed by atoms with Gasteiger partial charge in [-0.05, 0) is 42.9 Å². The molecule has 1 fully saturated rings. The number of benzene rings is 1. The molecule has 0 radical (unpaired) electrons. The van der Waals surface area contributed by atoms with Gasteiger partial charge < -0.3 is 11.1 Å². The Bertz CT molecular complexity index is 840. The van der Waals surface area contributed by atoms with Gasteiger partial charge in [-0.2, -0.15) is 0 Å². The molecule has 2 aliphatic carbocycles. The van der Waals surface area contributed by atoms with E-state index < -0.39 is 0 Å². The maximum Gasteiger partial charge on any atom is 0.222 e. The molecule has 2 aromatic rings. The first-order valence-corrected chi connectivity index (χ1v) is 9.66. The van der Waals surface area contributed by atoms with Crippen LogP contribution in [0.5, 0.6) is 0 Å². The molecule has 1 heterocycles. The maximum absolute atomic E-state index is 11.7. The topological polar surface area (TPSA) is 80.9 Å². The van der Waals surface area contributed by atoms with Crippen LogP contribution in [0, 0.1) is 5.92 Å². The summed E-state index contributed by atoms with van der Waals surface area (Å²) in [6.07, 6.45) is 9.02. The lowest BCUT2D eigenvalue weighted by molar-refractivity contribution is -0.114. The normalized spacial score (nSPS) is 16.7. The van der Waals surface area contributed by atoms with E-state index in [1.807, 2.05) is 12.1 Å². The summed E-state index contributed by atoms with van der Waals surface area (Å²) in [4.78, 5) is 21.5. The van der Waals surface area contributed by atoms with E-state index in [4.69, 9.17) is 15.7 Å². The summed E-state index contributed by atoms with van der Waals surface area (Å²) in [7, 11) is 0. The van der Waals surface area contributed by atoms with Gasteiger partial charge in [-0.1, -0.05) is 38.2 Å². The molecule has 136 valence electrons. The highest BCUT2D eigenvalue weighted by atomic mass is 16.1. The number of nitrogen functional groups attached to an aromatic ring is 1. The standard InChI is InChI=1S/C21H26N4O/c1-13(26)23-21-19(11-14-5-3-2-4-6-14)24-20-17-9-8-16(22)12-15(17)7-10-18(20)25-21/h8-9,12,14H,2-7,10-11,22H2,1H3,(H,23,25,26). The van der Waals surface area contributed by atoms with Crippen molar-refractivity contribution in [1.82, 2.24) is 9.97 Å². The lowest BCUT2D eigenvalue weighted by Gasteiger charge is -2.24. The largest absolute Gasteiger partial charge is 0.399 e. The molecule has 0 saturated heterocycles. The van der Waals surface area contributed by atoms with E-state index in [9.17, 15) is 4.79 Å². The zero-order chi connectivity index (χ0) is 18.1. The summed E-state index contributed by atoms with van der Waals surface area (Å²) in [6, 6.07) is 6.03. The number of nitrogens with two attached hydrogens (primary N) is 1. The number of amides is 1. The van der Waals surface area contributed by atoms with Crippen LogP contribution in [0.1, 0.15) is 56.0 Å². The van der Waals surface area contributed by atoms with Gasteiger partial charge in [-0.15, -0.1) is 0 Å². The first-order valence-electron chi connectivity index (χ1n) is 9.66. The number of rotatable bonds is 3. The Kier molecular flexibility index (Phi) is 4.62. The van der Waals surface area contributed by atoms with Gasteiger partial charge in [0.1, 0.15) is 0 Å². The molecule has 0 atom stereocenters. The van der Waals surface area contributed by atoms with E-state index in [1.165, 1.54) is 44.6 Å². The zero-order valence-corrected chi connectivity index (χ0v) is 15.3. The van der Waals surface area contributed by atoms with Crippen LogP contribution in [0.25, 0.3) is 11.3 Å². The van der Waals surface area contributed by atoms with E-state index in [0.717, 1.165) is 47.6 Å². The molecule has 1 saturated carbocycles. The average molecular weight is 350 g/mol. The summed E-state index contributed by atoms with van der Waals surface area (Å²) in [5.41, 5.74) is 12.0. The van der Waals surface area contributed by atoms with Crippen molar-refractivity contribution < 1.29 is 4.79 Å². The van der Waals surface area contributed by atoms with Crippen LogP contribution >= 0.6 is 0 Å². The van der Waals surface area contributed by atoms with Gasteiger partial charge in [0, 0.05) is 18.2 Å². The van der Waals surface area contributed by atoms with Crippen LogP contribution in [-0.2, 0) is 24.1 Å². The van der Waals surface area contributed by atoms with E-state index in [2.05, 4.69) is 11.4 Å². The minimum Gasteiger partial charge on any atom is -0.399 e. The van der Waals surface area contributed by atoms with Gasteiger partial charge in [-0.3, -0.25) is 4.79 Å². The number of carbonyl (C=O) groups excluding carboxylic acids is 1. The number of aryl methyl sites for hydroxylation is 2. The summed E-state index contributed by atoms with van der Waals surface area (Å²) in [5, 5.41) is 2.91. The summed E-state index contributed by atoms with van der Waals surface area (Å²) in [5.74, 6) is 1.20. The van der Waals surface area contributed by atoms with Gasteiger partial charge in [0.15, 0.2) is 5.82 Å². The number of hydrogen-bond donors (Lipinski definition) is 2. The molecular weight excluding hydrogens is 324 g/mol. The minimum atomic E-state index is -0.0897. The Balaban J connectivity index is 1.75. The van der Waals surface area contributed by atoms with Crippen molar-refractivity contribution in [2.45, 2.75) is 58.3 Å². The maximum atomic E-state index is 11.7. The fraction of sp³-hybridized carbons (Fsp3) is 0.476. The predicted molar refractivity (Wildman–Crippen MR) is 104 cm³/mol. The molecule has 26 heavy (non-hydrogen) atoms. The zero-order valence-electron chi connectivity index (χ0n) is 15.3. The Morgan fingerprint density at radius 3 is 2.77 bits per heavy atom. The second kappa shape index (κ2) is 7.06. The Labute approximate surface area is 154 Å². The van der Waals surface area contributed by atoms with Crippen LogP contribution in [0.15, 0.2) is 18.2 Å². The third-order valence-corrected chi connectivity index (χ3v) is 5.56. The smallest absolute Gasteiger partial charge is 0.222 e. The fourth-order valence-electron chi connectivity index (χ4n) is 4.27. The van der Waals surface area contributed by atoms with Crippen molar-refractivity contribution >= 4 is 17.4 Å². The van der Waals surface area contributed by atoms with E-state index >= 15 is 0 Å². The molecule has 1 aromatic carbocycles. The van der Waals surface area contributed by atoms with Crippen molar-refractivity contribution in [3.8, 4) is 11.3 Å².